The Kier molecular flexibility index (Phi) is 7.02. The number of aromatic nitrogens is 1. The highest BCUT2D eigenvalue weighted by atomic mass is 19.1. The molecular weight excluding hydrogens is 525 g/mol. The summed E-state index contributed by atoms with van der Waals surface area (Å²) in [5, 5.41) is 2.29. The molecule has 40 heavy (non-hydrogen) atoms. The Hall–Kier alpha value is -3.47. The number of hydrogen-bond acceptors (Lipinski definition) is 6. The lowest BCUT2D eigenvalue weighted by Crippen LogP contribution is -2.52. The maximum Gasteiger partial charge on any atom is 0.258 e. The van der Waals surface area contributed by atoms with Gasteiger partial charge in [0.05, 0.1) is 6.61 Å². The second-order valence-corrected chi connectivity index (χ2v) is 11.3. The fourth-order valence-electron chi connectivity index (χ4n) is 6.66. The van der Waals surface area contributed by atoms with E-state index in [1.54, 1.807) is 0 Å². The number of carbonyl (C=O) groups excluding carboxylic acids is 3. The molecule has 2 fully saturated rings. The number of pyridine rings is 1. The number of nitrogens with zero attached hydrogens (tertiary/aromatic N) is 3. The van der Waals surface area contributed by atoms with Crippen LogP contribution in [-0.2, 0) is 28.0 Å². The van der Waals surface area contributed by atoms with Gasteiger partial charge in [-0.15, -0.1) is 0 Å². The highest BCUT2D eigenvalue weighted by molar-refractivity contribution is 6.05. The number of hydrogen-bond donors (Lipinski definition) is 1. The Morgan fingerprint density at radius 1 is 1.05 bits per heavy atom. The summed E-state index contributed by atoms with van der Waals surface area (Å²) >= 11 is 0. The maximum absolute atomic E-state index is 14.4. The lowest BCUT2D eigenvalue weighted by atomic mass is 9.74. The van der Waals surface area contributed by atoms with Crippen LogP contribution in [-0.4, -0.2) is 64.8 Å². The number of benzene rings is 1. The standard InChI is InChI=1S/C29H31F3N4O4/c30-18-12-17(20-15-36(28(39)19(20)13-18)22-5-6-24(37)34-27(22)38)4-2-1-3-9-35-10-7-29(8-11-35)16-40-25-21(29)14-23(31)33-26(25)32/h12-14,22H,1-11,15-16H2,(H,34,37,38). The fraction of sp³-hybridized carbons (Fsp3) is 0.517. The first-order valence-electron chi connectivity index (χ1n) is 13.9. The van der Waals surface area contributed by atoms with Crippen LogP contribution in [0, 0.1) is 17.7 Å². The Balaban J connectivity index is 0.999. The van der Waals surface area contributed by atoms with Gasteiger partial charge in [0.15, 0.2) is 5.75 Å². The quantitative estimate of drug-likeness (QED) is 0.320. The molecule has 212 valence electrons. The summed E-state index contributed by atoms with van der Waals surface area (Å²) in [6.45, 7) is 3.10. The average Bonchev–Trinajstić information content (AvgIpc) is 3.43. The van der Waals surface area contributed by atoms with Crippen LogP contribution >= 0.6 is 0 Å². The minimum Gasteiger partial charge on any atom is -0.488 e. The fourth-order valence-corrected chi connectivity index (χ4v) is 6.66. The van der Waals surface area contributed by atoms with Crippen molar-refractivity contribution in [2.45, 2.75) is 69.4 Å². The minimum absolute atomic E-state index is 0.0839. The summed E-state index contributed by atoms with van der Waals surface area (Å²) < 4.78 is 47.8. The zero-order chi connectivity index (χ0) is 28.0. The summed E-state index contributed by atoms with van der Waals surface area (Å²) in [6, 6.07) is 3.30. The molecule has 1 N–H and O–H groups in total. The number of ether oxygens (including phenoxy) is 1. The van der Waals surface area contributed by atoms with Crippen molar-refractivity contribution < 1.29 is 32.3 Å². The van der Waals surface area contributed by atoms with E-state index < -0.39 is 29.7 Å². The maximum atomic E-state index is 14.4. The molecule has 3 amide bonds. The zero-order valence-corrected chi connectivity index (χ0v) is 22.1. The van der Waals surface area contributed by atoms with Crippen LogP contribution < -0.4 is 10.1 Å². The molecule has 1 spiro atoms. The van der Waals surface area contributed by atoms with Crippen molar-refractivity contribution in [3.8, 4) is 5.75 Å². The summed E-state index contributed by atoms with van der Waals surface area (Å²) in [4.78, 5) is 43.9. The first-order valence-corrected chi connectivity index (χ1v) is 13.9. The van der Waals surface area contributed by atoms with Crippen molar-refractivity contribution in [3.05, 3.63) is 58.2 Å². The number of likely N-dealkylation sites (tertiary alicyclic amines) is 1. The molecule has 6 rings (SSSR count). The molecule has 1 aromatic heterocycles. The van der Waals surface area contributed by atoms with E-state index >= 15 is 0 Å². The molecule has 0 radical (unpaired) electrons. The van der Waals surface area contributed by atoms with Gasteiger partial charge in [-0.2, -0.15) is 13.8 Å². The third-order valence-corrected chi connectivity index (χ3v) is 8.91. The van der Waals surface area contributed by atoms with Crippen LogP contribution in [0.25, 0.3) is 0 Å². The van der Waals surface area contributed by atoms with Crippen molar-refractivity contribution in [2.24, 2.45) is 0 Å². The van der Waals surface area contributed by atoms with Crippen molar-refractivity contribution >= 4 is 17.7 Å². The Bertz CT molecular complexity index is 1380. The number of aryl methyl sites for hydroxylation is 1. The second-order valence-electron chi connectivity index (χ2n) is 11.3. The van der Waals surface area contributed by atoms with Gasteiger partial charge in [-0.3, -0.25) is 19.7 Å². The molecule has 0 bridgehead atoms. The van der Waals surface area contributed by atoms with Crippen LogP contribution in [0.3, 0.4) is 0 Å². The number of carbonyl (C=O) groups is 3. The Morgan fingerprint density at radius 2 is 1.85 bits per heavy atom. The molecule has 4 aliphatic heterocycles. The SMILES string of the molecule is O=C1CCC(N2Cc3c(CCCCCN4CCC5(CC4)COc4c5cc(F)nc4F)cc(F)cc3C2=O)C(=O)N1. The molecule has 1 atom stereocenters. The molecule has 5 heterocycles. The van der Waals surface area contributed by atoms with Crippen molar-refractivity contribution in [1.29, 1.82) is 0 Å². The van der Waals surface area contributed by atoms with Crippen LogP contribution in [0.4, 0.5) is 13.2 Å². The smallest absolute Gasteiger partial charge is 0.258 e. The third kappa shape index (κ3) is 4.84. The topological polar surface area (TPSA) is 91.8 Å². The van der Waals surface area contributed by atoms with E-state index in [0.29, 0.717) is 24.2 Å². The number of fused-ring (bicyclic) bond motifs is 3. The van der Waals surface area contributed by atoms with Crippen LogP contribution in [0.1, 0.15) is 72.0 Å². The van der Waals surface area contributed by atoms with Gasteiger partial charge in [-0.25, -0.2) is 4.39 Å². The molecule has 4 aliphatic rings. The summed E-state index contributed by atoms with van der Waals surface area (Å²) in [6.07, 6.45) is 5.28. The van der Waals surface area contributed by atoms with E-state index in [9.17, 15) is 27.6 Å². The van der Waals surface area contributed by atoms with Gasteiger partial charge >= 0.3 is 0 Å². The van der Waals surface area contributed by atoms with E-state index in [1.165, 1.54) is 23.1 Å². The zero-order valence-electron chi connectivity index (χ0n) is 22.1. The first-order chi connectivity index (χ1) is 19.2. The molecule has 11 heteroatoms. The molecule has 2 aromatic rings. The van der Waals surface area contributed by atoms with Gasteiger partial charge in [0.1, 0.15) is 11.9 Å². The molecule has 1 aromatic carbocycles. The molecule has 0 aliphatic carbocycles. The number of unbranched alkanes of at least 4 members (excludes halogenated alkanes) is 2. The normalized spacial score (nSPS) is 21.9. The number of rotatable bonds is 7. The average molecular weight is 557 g/mol. The van der Waals surface area contributed by atoms with Crippen LogP contribution in [0.2, 0.25) is 0 Å². The largest absolute Gasteiger partial charge is 0.488 e. The monoisotopic (exact) mass is 556 g/mol. The molecule has 0 saturated carbocycles. The predicted molar refractivity (Wildman–Crippen MR) is 137 cm³/mol. The molecular formula is C29H31F3N4O4. The lowest BCUT2D eigenvalue weighted by Gasteiger charge is -2.38. The van der Waals surface area contributed by atoms with Crippen LogP contribution in [0.15, 0.2) is 18.2 Å². The Morgan fingerprint density at radius 3 is 2.62 bits per heavy atom. The van der Waals surface area contributed by atoms with E-state index in [-0.39, 0.29) is 42.4 Å². The van der Waals surface area contributed by atoms with E-state index in [4.69, 9.17) is 4.74 Å². The van der Waals surface area contributed by atoms with Gasteiger partial charge in [0, 0.05) is 35.6 Å². The van der Waals surface area contributed by atoms with E-state index in [2.05, 4.69) is 15.2 Å². The van der Waals surface area contributed by atoms with E-state index in [1.807, 2.05) is 0 Å². The molecule has 2 saturated heterocycles. The number of piperidine rings is 2. The van der Waals surface area contributed by atoms with Gasteiger partial charge < -0.3 is 14.5 Å². The predicted octanol–water partition coefficient (Wildman–Crippen LogP) is 3.40. The van der Waals surface area contributed by atoms with Gasteiger partial charge in [-0.05, 0) is 81.4 Å². The van der Waals surface area contributed by atoms with Gasteiger partial charge in [0.2, 0.25) is 17.8 Å². The van der Waals surface area contributed by atoms with Crippen molar-refractivity contribution in [3.63, 3.8) is 0 Å². The summed E-state index contributed by atoms with van der Waals surface area (Å²) in [5.74, 6) is -3.29. The number of nitrogens with one attached hydrogen (secondary N) is 1. The number of imide groups is 1. The lowest BCUT2D eigenvalue weighted by molar-refractivity contribution is -0.136. The van der Waals surface area contributed by atoms with Crippen LogP contribution in [0.5, 0.6) is 5.75 Å². The van der Waals surface area contributed by atoms with E-state index in [0.717, 1.165) is 62.9 Å². The highest BCUT2D eigenvalue weighted by Crippen LogP contribution is 2.46. The molecule has 8 nitrogen and oxygen atoms in total. The summed E-state index contributed by atoms with van der Waals surface area (Å²) in [7, 11) is 0. The van der Waals surface area contributed by atoms with Crippen molar-refractivity contribution in [2.75, 3.05) is 26.2 Å². The molecule has 1 unspecified atom stereocenters. The highest BCUT2D eigenvalue weighted by Gasteiger charge is 2.45. The number of halogens is 3. The first kappa shape index (κ1) is 26.7. The summed E-state index contributed by atoms with van der Waals surface area (Å²) in [5.41, 5.74) is 2.07. The third-order valence-electron chi connectivity index (χ3n) is 8.91. The number of amides is 3. The van der Waals surface area contributed by atoms with Gasteiger partial charge in [0.25, 0.3) is 11.9 Å². The van der Waals surface area contributed by atoms with Gasteiger partial charge in [-0.1, -0.05) is 6.42 Å². The second kappa shape index (κ2) is 10.5. The Labute approximate surface area is 229 Å². The minimum atomic E-state index is -0.883. The van der Waals surface area contributed by atoms with Crippen molar-refractivity contribution in [1.82, 2.24) is 20.1 Å².